The largest absolute Gasteiger partial charge is 0.461 e. The second-order valence-electron chi connectivity index (χ2n) is 11.7. The van der Waals surface area contributed by atoms with E-state index in [9.17, 15) is 10.1 Å². The van der Waals surface area contributed by atoms with E-state index in [1.54, 1.807) is 22.3 Å². The SMILES string of the molecule is C=CC(=O)N1CCN(c2nc(OCC34CCCN3CCC4)nc3c(F)c(-c4cccc5ccsc45)ccc23)C[C@@H]1CC#N. The number of hydrogen-bond acceptors (Lipinski definition) is 8. The van der Waals surface area contributed by atoms with Crippen LogP contribution in [0.1, 0.15) is 32.1 Å². The van der Waals surface area contributed by atoms with Gasteiger partial charge in [-0.05, 0) is 67.7 Å². The monoisotopic (exact) mass is 596 g/mol. The predicted octanol–water partition coefficient (Wildman–Crippen LogP) is 5.77. The molecule has 3 fully saturated rings. The molecule has 43 heavy (non-hydrogen) atoms. The highest BCUT2D eigenvalue weighted by Gasteiger charge is 2.45. The van der Waals surface area contributed by atoms with Gasteiger partial charge in [0.15, 0.2) is 5.82 Å². The van der Waals surface area contributed by atoms with Gasteiger partial charge in [0.25, 0.3) is 0 Å². The van der Waals surface area contributed by atoms with Gasteiger partial charge in [0.2, 0.25) is 5.91 Å². The van der Waals surface area contributed by atoms with Crippen molar-refractivity contribution in [3.05, 3.63) is 60.3 Å². The fraction of sp³-hybridized carbons (Fsp3) is 0.394. The number of thiophene rings is 1. The number of nitrogens with zero attached hydrogens (tertiary/aromatic N) is 6. The molecule has 220 valence electrons. The number of anilines is 1. The van der Waals surface area contributed by atoms with Gasteiger partial charge in [-0.2, -0.15) is 15.2 Å². The van der Waals surface area contributed by atoms with Crippen molar-refractivity contribution in [3.63, 3.8) is 0 Å². The smallest absolute Gasteiger partial charge is 0.319 e. The van der Waals surface area contributed by atoms with Crippen molar-refractivity contribution >= 4 is 44.1 Å². The molecule has 1 atom stereocenters. The first-order valence-corrected chi connectivity index (χ1v) is 15.8. The number of halogens is 1. The first-order chi connectivity index (χ1) is 21.0. The van der Waals surface area contributed by atoms with Gasteiger partial charge in [0.05, 0.1) is 24.1 Å². The third-order valence-electron chi connectivity index (χ3n) is 9.38. The Morgan fingerprint density at radius 2 is 1.98 bits per heavy atom. The van der Waals surface area contributed by atoms with Crippen LogP contribution < -0.4 is 9.64 Å². The van der Waals surface area contributed by atoms with Crippen LogP contribution >= 0.6 is 11.3 Å². The van der Waals surface area contributed by atoms with E-state index in [0.29, 0.717) is 43.0 Å². The number of carbonyl (C=O) groups is 1. The van der Waals surface area contributed by atoms with Crippen molar-refractivity contribution in [2.75, 3.05) is 44.2 Å². The minimum absolute atomic E-state index is 0.0117. The van der Waals surface area contributed by atoms with E-state index in [0.717, 1.165) is 54.4 Å². The molecule has 3 saturated heterocycles. The van der Waals surface area contributed by atoms with Crippen LogP contribution in [0.25, 0.3) is 32.1 Å². The number of fused-ring (bicyclic) bond motifs is 3. The summed E-state index contributed by atoms with van der Waals surface area (Å²) in [4.78, 5) is 28.3. The van der Waals surface area contributed by atoms with Crippen molar-refractivity contribution in [2.45, 2.75) is 43.7 Å². The molecule has 0 spiro atoms. The first-order valence-electron chi connectivity index (χ1n) is 14.9. The molecule has 8 nitrogen and oxygen atoms in total. The summed E-state index contributed by atoms with van der Waals surface area (Å²) in [7, 11) is 0. The van der Waals surface area contributed by atoms with Gasteiger partial charge >= 0.3 is 6.01 Å². The van der Waals surface area contributed by atoms with Crippen molar-refractivity contribution < 1.29 is 13.9 Å². The number of aromatic nitrogens is 2. The lowest BCUT2D eigenvalue weighted by atomic mass is 9.95. The van der Waals surface area contributed by atoms with E-state index in [2.05, 4.69) is 22.5 Å². The summed E-state index contributed by atoms with van der Waals surface area (Å²) < 4.78 is 24.0. The van der Waals surface area contributed by atoms with Gasteiger partial charge in [-0.25, -0.2) is 4.39 Å². The molecule has 4 aromatic rings. The fourth-order valence-corrected chi connectivity index (χ4v) is 8.17. The standard InChI is InChI=1S/C33H33FN6O2S/c1-2-27(41)40-18-17-38(20-23(40)10-14-35)31-26-9-8-24(25-7-3-6-22-11-19-43-30(22)25)28(34)29(26)36-32(37-31)42-21-33-12-4-15-39(33)16-5-13-33/h2-3,6-9,11,19,23H,1,4-5,10,12-13,15-18,20-21H2/t23-/m0/s1. The molecule has 1 amide bonds. The van der Waals surface area contributed by atoms with Crippen molar-refractivity contribution in [2.24, 2.45) is 0 Å². The summed E-state index contributed by atoms with van der Waals surface area (Å²) in [5, 5.41) is 13.2. The van der Waals surface area contributed by atoms with Gasteiger partial charge in [0.1, 0.15) is 17.9 Å². The molecule has 0 bridgehead atoms. The van der Waals surface area contributed by atoms with Crippen LogP contribution in [0.2, 0.25) is 0 Å². The highest BCUT2D eigenvalue weighted by molar-refractivity contribution is 7.17. The number of amides is 1. The van der Waals surface area contributed by atoms with Gasteiger partial charge < -0.3 is 14.5 Å². The molecule has 0 aliphatic carbocycles. The van der Waals surface area contributed by atoms with Crippen LogP contribution in [0.15, 0.2) is 54.4 Å². The lowest BCUT2D eigenvalue weighted by molar-refractivity contribution is -0.128. The van der Waals surface area contributed by atoms with E-state index in [4.69, 9.17) is 9.72 Å². The maximum atomic E-state index is 16.6. The Kier molecular flexibility index (Phi) is 7.23. The molecular weight excluding hydrogens is 563 g/mol. The summed E-state index contributed by atoms with van der Waals surface area (Å²) >= 11 is 1.59. The fourth-order valence-electron chi connectivity index (χ4n) is 7.24. The topological polar surface area (TPSA) is 85.6 Å². The highest BCUT2D eigenvalue weighted by atomic mass is 32.1. The van der Waals surface area contributed by atoms with Crippen LogP contribution in [0.4, 0.5) is 10.2 Å². The van der Waals surface area contributed by atoms with Crippen LogP contribution in [0, 0.1) is 17.1 Å². The van der Waals surface area contributed by atoms with Gasteiger partial charge in [-0.15, -0.1) is 11.3 Å². The molecule has 2 aromatic carbocycles. The number of rotatable bonds is 7. The Bertz CT molecular complexity index is 1760. The molecule has 2 aromatic heterocycles. The second kappa shape index (κ2) is 11.2. The lowest BCUT2D eigenvalue weighted by Gasteiger charge is -2.41. The normalized spacial score (nSPS) is 20.0. The Morgan fingerprint density at radius 3 is 2.77 bits per heavy atom. The van der Waals surface area contributed by atoms with Crippen LogP contribution in [-0.4, -0.2) is 76.6 Å². The van der Waals surface area contributed by atoms with E-state index < -0.39 is 5.82 Å². The average Bonchev–Trinajstić information content (AvgIpc) is 3.76. The van der Waals surface area contributed by atoms with E-state index in [-0.39, 0.29) is 35.4 Å². The van der Waals surface area contributed by atoms with Crippen LogP contribution in [-0.2, 0) is 4.79 Å². The number of ether oxygens (including phenoxy) is 1. The molecular formula is C33H33FN6O2S. The number of carbonyl (C=O) groups excluding carboxylic acids is 1. The Morgan fingerprint density at radius 1 is 1.14 bits per heavy atom. The number of piperazine rings is 1. The molecule has 0 N–H and O–H groups in total. The van der Waals surface area contributed by atoms with E-state index >= 15 is 4.39 Å². The molecule has 0 saturated carbocycles. The number of hydrogen-bond donors (Lipinski definition) is 0. The Labute approximate surface area is 254 Å². The summed E-state index contributed by atoms with van der Waals surface area (Å²) in [6.45, 7) is 7.50. The molecule has 0 radical (unpaired) electrons. The van der Waals surface area contributed by atoms with E-state index in [1.165, 1.54) is 6.08 Å². The van der Waals surface area contributed by atoms with Crippen molar-refractivity contribution in [1.82, 2.24) is 19.8 Å². The second-order valence-corrected chi connectivity index (χ2v) is 12.6. The zero-order valence-electron chi connectivity index (χ0n) is 24.0. The third kappa shape index (κ3) is 4.81. The third-order valence-corrected chi connectivity index (χ3v) is 10.3. The summed E-state index contributed by atoms with van der Waals surface area (Å²) in [6, 6.07) is 13.7. The molecule has 7 rings (SSSR count). The molecule has 5 heterocycles. The van der Waals surface area contributed by atoms with Crippen LogP contribution in [0.5, 0.6) is 6.01 Å². The van der Waals surface area contributed by atoms with Crippen molar-refractivity contribution in [3.8, 4) is 23.2 Å². The number of benzene rings is 2. The predicted molar refractivity (Wildman–Crippen MR) is 167 cm³/mol. The van der Waals surface area contributed by atoms with Crippen LogP contribution in [0.3, 0.4) is 0 Å². The maximum Gasteiger partial charge on any atom is 0.319 e. The zero-order valence-corrected chi connectivity index (χ0v) is 24.8. The molecule has 0 unspecified atom stereocenters. The number of nitriles is 1. The summed E-state index contributed by atoms with van der Waals surface area (Å²) in [5.74, 6) is -0.0602. The molecule has 10 heteroatoms. The highest BCUT2D eigenvalue weighted by Crippen LogP contribution is 2.41. The molecule has 3 aliphatic heterocycles. The summed E-state index contributed by atoms with van der Waals surface area (Å²) in [6.07, 6.45) is 5.90. The minimum Gasteiger partial charge on any atom is -0.461 e. The van der Waals surface area contributed by atoms with E-state index in [1.807, 2.05) is 40.6 Å². The first kappa shape index (κ1) is 27.7. The summed E-state index contributed by atoms with van der Waals surface area (Å²) in [5.41, 5.74) is 1.50. The molecule has 3 aliphatic rings. The zero-order chi connectivity index (χ0) is 29.6. The lowest BCUT2D eigenvalue weighted by Crippen LogP contribution is -2.55. The Hall–Kier alpha value is -4.07. The van der Waals surface area contributed by atoms with Crippen molar-refractivity contribution in [1.29, 1.82) is 5.26 Å². The minimum atomic E-state index is -0.414. The van der Waals surface area contributed by atoms with Gasteiger partial charge in [-0.3, -0.25) is 9.69 Å². The van der Waals surface area contributed by atoms with Gasteiger partial charge in [-0.1, -0.05) is 30.8 Å². The quantitative estimate of drug-likeness (QED) is 0.250. The van der Waals surface area contributed by atoms with Gasteiger partial charge in [0, 0.05) is 40.8 Å². The Balaban J connectivity index is 1.31. The average molecular weight is 597 g/mol. The maximum absolute atomic E-state index is 16.6.